The van der Waals surface area contributed by atoms with E-state index in [1.807, 2.05) is 0 Å². The summed E-state index contributed by atoms with van der Waals surface area (Å²) in [5.41, 5.74) is 0. The Morgan fingerprint density at radius 1 is 1.56 bits per heavy atom. The van der Waals surface area contributed by atoms with Gasteiger partial charge in [-0.15, -0.1) is 0 Å². The van der Waals surface area contributed by atoms with E-state index in [2.05, 4.69) is 20.9 Å². The molecule has 0 radical (unpaired) electrons. The van der Waals surface area contributed by atoms with E-state index in [1.165, 1.54) is 6.07 Å². The number of rotatable bonds is 0. The minimum Gasteiger partial charge on any atom is -0.229 e. The van der Waals surface area contributed by atoms with Crippen LogP contribution in [0.15, 0.2) is 16.7 Å². The third-order valence-corrected chi connectivity index (χ3v) is 1.33. The van der Waals surface area contributed by atoms with Crippen LogP contribution in [0.25, 0.3) is 0 Å². The molecule has 4 heteroatoms. The maximum atomic E-state index is 12.3. The fourth-order valence-corrected chi connectivity index (χ4v) is 1.14. The highest BCUT2D eigenvalue weighted by Gasteiger charge is 1.95. The van der Waals surface area contributed by atoms with Gasteiger partial charge in [0.15, 0.2) is 0 Å². The van der Waals surface area contributed by atoms with Crippen LogP contribution in [0, 0.1) is 5.82 Å². The van der Waals surface area contributed by atoms with Crippen LogP contribution in [0.2, 0.25) is 5.15 Å². The molecule has 0 saturated heterocycles. The van der Waals surface area contributed by atoms with Gasteiger partial charge in [0.05, 0.1) is 0 Å². The van der Waals surface area contributed by atoms with Crippen molar-refractivity contribution in [3.05, 3.63) is 27.7 Å². The van der Waals surface area contributed by atoms with E-state index in [1.54, 1.807) is 0 Å². The monoisotopic (exact) mass is 209 g/mol. The average Bonchev–Trinajstić information content (AvgIpc) is 1.59. The van der Waals surface area contributed by atoms with Crippen molar-refractivity contribution in [1.29, 1.82) is 0 Å². The molecule has 0 amide bonds. The summed E-state index contributed by atoms with van der Waals surface area (Å²) >= 11 is 8.35. The molecule has 0 aliphatic heterocycles. The molecular weight excluding hydrogens is 208 g/mol. The largest absolute Gasteiger partial charge is 0.229 e. The zero-order valence-electron chi connectivity index (χ0n) is 4.24. The topological polar surface area (TPSA) is 12.9 Å². The van der Waals surface area contributed by atoms with Gasteiger partial charge >= 0.3 is 0 Å². The Balaban J connectivity index is 3.17. The van der Waals surface area contributed by atoms with Crippen LogP contribution in [0.4, 0.5) is 4.39 Å². The molecule has 0 aliphatic rings. The molecule has 0 aromatic carbocycles. The summed E-state index contributed by atoms with van der Waals surface area (Å²) in [6.45, 7) is 0. The molecular formula is C5H2BrClFN. The second kappa shape index (κ2) is 2.62. The van der Waals surface area contributed by atoms with Gasteiger partial charge in [-0.2, -0.15) is 0 Å². The first kappa shape index (κ1) is 6.96. The molecule has 1 heterocycles. The quantitative estimate of drug-likeness (QED) is 0.600. The minimum absolute atomic E-state index is 0.155. The molecule has 0 atom stereocenters. The second-order valence-corrected chi connectivity index (χ2v) is 2.63. The van der Waals surface area contributed by atoms with Gasteiger partial charge in [0, 0.05) is 12.1 Å². The van der Waals surface area contributed by atoms with Gasteiger partial charge in [0.25, 0.3) is 0 Å². The lowest BCUT2D eigenvalue weighted by molar-refractivity contribution is 0.624. The Morgan fingerprint density at radius 2 is 2.22 bits per heavy atom. The highest BCUT2D eigenvalue weighted by Crippen LogP contribution is 2.13. The van der Waals surface area contributed by atoms with E-state index in [4.69, 9.17) is 11.6 Å². The summed E-state index contributed by atoms with van der Waals surface area (Å²) in [5.74, 6) is -0.387. The summed E-state index contributed by atoms with van der Waals surface area (Å²) in [5, 5.41) is 0.155. The summed E-state index contributed by atoms with van der Waals surface area (Å²) in [4.78, 5) is 3.68. The van der Waals surface area contributed by atoms with Gasteiger partial charge in [-0.05, 0) is 15.9 Å². The van der Waals surface area contributed by atoms with Gasteiger partial charge in [-0.1, -0.05) is 11.6 Å². The summed E-state index contributed by atoms with van der Waals surface area (Å²) < 4.78 is 12.7. The first-order chi connectivity index (χ1) is 4.18. The molecule has 1 nitrogen and oxygen atoms in total. The first-order valence-electron chi connectivity index (χ1n) is 2.17. The van der Waals surface area contributed by atoms with Crippen LogP contribution in [-0.2, 0) is 0 Å². The number of hydrogen-bond donors (Lipinski definition) is 0. The molecule has 1 rings (SSSR count). The van der Waals surface area contributed by atoms with Crippen LogP contribution in [0.3, 0.4) is 0 Å². The Bertz CT molecular complexity index is 178. The van der Waals surface area contributed by atoms with Gasteiger partial charge in [0.1, 0.15) is 15.6 Å². The maximum Gasteiger partial charge on any atom is 0.133 e. The van der Waals surface area contributed by atoms with Gasteiger partial charge in [-0.3, -0.25) is 0 Å². The average molecular weight is 210 g/mol. The van der Waals surface area contributed by atoms with Crippen LogP contribution >= 0.6 is 27.5 Å². The third-order valence-electron chi connectivity index (χ3n) is 0.728. The number of nitrogens with zero attached hydrogens (tertiary/aromatic N) is 1. The lowest BCUT2D eigenvalue weighted by Crippen LogP contribution is -1.79. The highest BCUT2D eigenvalue weighted by atomic mass is 79.9. The van der Waals surface area contributed by atoms with Gasteiger partial charge in [-0.25, -0.2) is 9.37 Å². The Morgan fingerprint density at radius 3 is 2.67 bits per heavy atom. The molecule has 0 aliphatic carbocycles. The van der Waals surface area contributed by atoms with Crippen molar-refractivity contribution in [1.82, 2.24) is 4.98 Å². The molecule has 0 bridgehead atoms. The van der Waals surface area contributed by atoms with E-state index < -0.39 is 0 Å². The summed E-state index contributed by atoms with van der Waals surface area (Å²) in [6.07, 6.45) is 0. The van der Waals surface area contributed by atoms with Crippen LogP contribution in [0.1, 0.15) is 0 Å². The van der Waals surface area contributed by atoms with Crippen LogP contribution in [0.5, 0.6) is 0 Å². The Labute approximate surface area is 65.0 Å². The highest BCUT2D eigenvalue weighted by molar-refractivity contribution is 9.10. The molecule has 1 aromatic heterocycles. The molecule has 0 N–H and O–H groups in total. The maximum absolute atomic E-state index is 12.3. The summed E-state index contributed by atoms with van der Waals surface area (Å²) in [6, 6.07) is 2.39. The lowest BCUT2D eigenvalue weighted by Gasteiger charge is -1.90. The van der Waals surface area contributed by atoms with E-state index in [9.17, 15) is 4.39 Å². The van der Waals surface area contributed by atoms with Crippen molar-refractivity contribution in [2.45, 2.75) is 0 Å². The number of aromatic nitrogens is 1. The van der Waals surface area contributed by atoms with Crippen LogP contribution in [-0.4, -0.2) is 4.98 Å². The SMILES string of the molecule is Fc1cc(Cl)nc(Br)c1. The smallest absolute Gasteiger partial charge is 0.133 e. The lowest BCUT2D eigenvalue weighted by atomic mass is 10.5. The van der Waals surface area contributed by atoms with E-state index in [-0.39, 0.29) is 11.0 Å². The van der Waals surface area contributed by atoms with E-state index >= 15 is 0 Å². The number of pyridine rings is 1. The summed E-state index contributed by atoms with van der Waals surface area (Å²) in [7, 11) is 0. The fourth-order valence-electron chi connectivity index (χ4n) is 0.436. The fraction of sp³-hybridized carbons (Fsp3) is 0. The van der Waals surface area contributed by atoms with E-state index in [0.29, 0.717) is 4.60 Å². The van der Waals surface area contributed by atoms with E-state index in [0.717, 1.165) is 6.07 Å². The Kier molecular flexibility index (Phi) is 2.03. The predicted octanol–water partition coefficient (Wildman–Crippen LogP) is 2.64. The minimum atomic E-state index is -0.387. The number of halogens is 3. The molecule has 48 valence electrons. The van der Waals surface area contributed by atoms with Crippen molar-refractivity contribution in [3.8, 4) is 0 Å². The van der Waals surface area contributed by atoms with Gasteiger partial charge < -0.3 is 0 Å². The third kappa shape index (κ3) is 1.91. The van der Waals surface area contributed by atoms with Crippen molar-refractivity contribution in [2.24, 2.45) is 0 Å². The molecule has 0 saturated carbocycles. The molecule has 1 aromatic rings. The molecule has 0 fully saturated rings. The van der Waals surface area contributed by atoms with Crippen molar-refractivity contribution in [2.75, 3.05) is 0 Å². The standard InChI is InChI=1S/C5H2BrClFN/c6-4-1-3(8)2-5(7)9-4/h1-2H. The normalized spacial score (nSPS) is 9.67. The molecule has 0 spiro atoms. The zero-order chi connectivity index (χ0) is 6.85. The van der Waals surface area contributed by atoms with Gasteiger partial charge in [0.2, 0.25) is 0 Å². The predicted molar refractivity (Wildman–Crippen MR) is 36.9 cm³/mol. The van der Waals surface area contributed by atoms with Crippen molar-refractivity contribution >= 4 is 27.5 Å². The first-order valence-corrected chi connectivity index (χ1v) is 3.34. The second-order valence-electron chi connectivity index (χ2n) is 1.43. The van der Waals surface area contributed by atoms with Crippen LogP contribution < -0.4 is 0 Å². The Hall–Kier alpha value is -0.150. The molecule has 0 unspecified atom stereocenters. The number of hydrogen-bond acceptors (Lipinski definition) is 1. The zero-order valence-corrected chi connectivity index (χ0v) is 6.58. The molecule has 9 heavy (non-hydrogen) atoms. The van der Waals surface area contributed by atoms with Crippen molar-refractivity contribution in [3.63, 3.8) is 0 Å². The van der Waals surface area contributed by atoms with Crippen molar-refractivity contribution < 1.29 is 4.39 Å².